The summed E-state index contributed by atoms with van der Waals surface area (Å²) in [5.41, 5.74) is 0.539. The van der Waals surface area contributed by atoms with Crippen molar-refractivity contribution in [3.63, 3.8) is 0 Å². The third-order valence-electron chi connectivity index (χ3n) is 3.52. The largest absolute Gasteiger partial charge is 0.465 e. The van der Waals surface area contributed by atoms with Gasteiger partial charge in [-0.3, -0.25) is 20.2 Å². The van der Waals surface area contributed by atoms with E-state index in [9.17, 15) is 19.2 Å². The number of esters is 1. The first-order valence-electron chi connectivity index (χ1n) is 7.25. The third-order valence-corrected chi connectivity index (χ3v) is 3.83. The van der Waals surface area contributed by atoms with Crippen LogP contribution in [0.3, 0.4) is 0 Å². The van der Waals surface area contributed by atoms with Crippen LogP contribution in [-0.4, -0.2) is 30.9 Å². The van der Waals surface area contributed by atoms with Crippen molar-refractivity contribution in [2.45, 2.75) is 0 Å². The first-order valence-corrected chi connectivity index (χ1v) is 7.63. The van der Waals surface area contributed by atoms with E-state index in [0.717, 1.165) is 0 Å². The van der Waals surface area contributed by atoms with E-state index in [0.29, 0.717) is 11.3 Å². The number of barbiturate groups is 1. The lowest BCUT2D eigenvalue weighted by Crippen LogP contribution is -2.51. The zero-order valence-electron chi connectivity index (χ0n) is 13.3. The predicted octanol–water partition coefficient (Wildman–Crippen LogP) is 2.14. The molecular weight excluding hydrogens is 364 g/mol. The van der Waals surface area contributed by atoms with Crippen LogP contribution in [0, 0.1) is 0 Å². The van der Waals surface area contributed by atoms with E-state index in [1.54, 1.807) is 18.2 Å². The van der Waals surface area contributed by atoms with Gasteiger partial charge in [-0.1, -0.05) is 17.7 Å². The molecule has 4 amide bonds. The van der Waals surface area contributed by atoms with Crippen LogP contribution in [-0.2, 0) is 14.3 Å². The standard InChI is InChI=1S/C17H11ClN2O6/c1-25-16(23)10-4-2-8(6-12(10)18)13-5-3-9(26-13)7-11-14(21)19-17(24)20-15(11)22/h2-7H,1H3,(H2,19,20,21,22,24). The van der Waals surface area contributed by atoms with Gasteiger partial charge in [-0.15, -0.1) is 0 Å². The van der Waals surface area contributed by atoms with Gasteiger partial charge in [0.2, 0.25) is 0 Å². The molecule has 0 saturated carbocycles. The minimum absolute atomic E-state index is 0.190. The summed E-state index contributed by atoms with van der Waals surface area (Å²) in [5, 5.41) is 4.12. The van der Waals surface area contributed by atoms with Crippen LogP contribution in [0.15, 0.2) is 40.3 Å². The number of carbonyl (C=O) groups excluding carboxylic acids is 4. The maximum absolute atomic E-state index is 11.7. The minimum atomic E-state index is -0.877. The molecule has 2 aromatic rings. The maximum atomic E-state index is 11.7. The Bertz CT molecular complexity index is 953. The highest BCUT2D eigenvalue weighted by Gasteiger charge is 2.28. The summed E-state index contributed by atoms with van der Waals surface area (Å²) in [6.45, 7) is 0. The summed E-state index contributed by atoms with van der Waals surface area (Å²) >= 11 is 6.08. The second-order valence-corrected chi connectivity index (χ2v) is 5.59. The van der Waals surface area contributed by atoms with Crippen molar-refractivity contribution in [1.82, 2.24) is 10.6 Å². The van der Waals surface area contributed by atoms with Crippen LogP contribution in [0.2, 0.25) is 5.02 Å². The Morgan fingerprint density at radius 2 is 1.81 bits per heavy atom. The number of furan rings is 1. The number of imide groups is 2. The fraction of sp³-hybridized carbons (Fsp3) is 0.0588. The van der Waals surface area contributed by atoms with Gasteiger partial charge in [0.15, 0.2) is 0 Å². The van der Waals surface area contributed by atoms with Crippen molar-refractivity contribution in [3.8, 4) is 11.3 Å². The summed E-state index contributed by atoms with van der Waals surface area (Å²) < 4.78 is 10.2. The van der Waals surface area contributed by atoms with Crippen LogP contribution in [0.1, 0.15) is 16.1 Å². The second kappa shape index (κ2) is 6.85. The number of amides is 4. The third kappa shape index (κ3) is 3.35. The van der Waals surface area contributed by atoms with Crippen molar-refractivity contribution < 1.29 is 28.3 Å². The molecule has 1 saturated heterocycles. The van der Waals surface area contributed by atoms with E-state index in [1.807, 2.05) is 10.6 Å². The van der Waals surface area contributed by atoms with Gasteiger partial charge in [-0.05, 0) is 30.3 Å². The van der Waals surface area contributed by atoms with Crippen molar-refractivity contribution in [2.75, 3.05) is 7.11 Å². The van der Waals surface area contributed by atoms with Crippen LogP contribution < -0.4 is 10.6 Å². The van der Waals surface area contributed by atoms with Crippen LogP contribution in [0.25, 0.3) is 17.4 Å². The van der Waals surface area contributed by atoms with Crippen molar-refractivity contribution in [1.29, 1.82) is 0 Å². The van der Waals surface area contributed by atoms with Gasteiger partial charge >= 0.3 is 12.0 Å². The molecule has 0 atom stereocenters. The quantitative estimate of drug-likeness (QED) is 0.483. The SMILES string of the molecule is COC(=O)c1ccc(-c2ccc(C=C3C(=O)NC(=O)NC3=O)o2)cc1Cl. The van der Waals surface area contributed by atoms with E-state index >= 15 is 0 Å². The summed E-state index contributed by atoms with van der Waals surface area (Å²) in [6.07, 6.45) is 1.21. The van der Waals surface area contributed by atoms with Gasteiger partial charge in [0.05, 0.1) is 17.7 Å². The predicted molar refractivity (Wildman–Crippen MR) is 90.2 cm³/mol. The Balaban J connectivity index is 1.89. The molecule has 1 fully saturated rings. The molecule has 1 aliphatic rings. The lowest BCUT2D eigenvalue weighted by atomic mass is 10.1. The smallest absolute Gasteiger partial charge is 0.339 e. The molecule has 3 rings (SSSR count). The zero-order chi connectivity index (χ0) is 18.8. The van der Waals surface area contributed by atoms with Gasteiger partial charge in [0.25, 0.3) is 11.8 Å². The molecule has 0 unspecified atom stereocenters. The number of hydrogen-bond acceptors (Lipinski definition) is 6. The molecule has 2 N–H and O–H groups in total. The van der Waals surface area contributed by atoms with Gasteiger partial charge < -0.3 is 9.15 Å². The first-order chi connectivity index (χ1) is 12.4. The lowest BCUT2D eigenvalue weighted by molar-refractivity contribution is -0.123. The first kappa shape index (κ1) is 17.4. The average molecular weight is 375 g/mol. The van der Waals surface area contributed by atoms with E-state index in [2.05, 4.69) is 4.74 Å². The average Bonchev–Trinajstić information content (AvgIpc) is 3.06. The molecule has 2 heterocycles. The Kier molecular flexibility index (Phi) is 4.59. The topological polar surface area (TPSA) is 115 Å². The lowest BCUT2D eigenvalue weighted by Gasteiger charge is -2.13. The fourth-order valence-electron chi connectivity index (χ4n) is 2.28. The van der Waals surface area contributed by atoms with Crippen molar-refractivity contribution in [2.24, 2.45) is 0 Å². The van der Waals surface area contributed by atoms with Crippen LogP contribution in [0.5, 0.6) is 0 Å². The van der Waals surface area contributed by atoms with Gasteiger partial charge in [-0.2, -0.15) is 0 Å². The monoisotopic (exact) mass is 374 g/mol. The Hall–Kier alpha value is -3.39. The molecule has 26 heavy (non-hydrogen) atoms. The second-order valence-electron chi connectivity index (χ2n) is 5.18. The summed E-state index contributed by atoms with van der Waals surface area (Å²) in [6, 6.07) is 6.92. The molecule has 0 aliphatic carbocycles. The number of benzene rings is 1. The van der Waals surface area contributed by atoms with E-state index < -0.39 is 23.8 Å². The number of urea groups is 1. The van der Waals surface area contributed by atoms with Crippen LogP contribution >= 0.6 is 11.6 Å². The summed E-state index contributed by atoms with van der Waals surface area (Å²) in [5.74, 6) is -1.56. The van der Waals surface area contributed by atoms with E-state index in [1.165, 1.54) is 25.3 Å². The summed E-state index contributed by atoms with van der Waals surface area (Å²) in [4.78, 5) is 46.0. The highest BCUT2D eigenvalue weighted by atomic mass is 35.5. The highest BCUT2D eigenvalue weighted by molar-refractivity contribution is 6.34. The molecule has 1 aromatic carbocycles. The number of methoxy groups -OCH3 is 1. The number of ether oxygens (including phenoxy) is 1. The Labute approximate surface area is 151 Å². The number of hydrogen-bond donors (Lipinski definition) is 2. The van der Waals surface area contributed by atoms with Crippen molar-refractivity contribution >= 4 is 41.5 Å². The van der Waals surface area contributed by atoms with E-state index in [-0.39, 0.29) is 21.9 Å². The summed E-state index contributed by atoms with van der Waals surface area (Å²) in [7, 11) is 1.25. The molecule has 1 aliphatic heterocycles. The molecule has 0 spiro atoms. The normalized spacial score (nSPS) is 13.9. The minimum Gasteiger partial charge on any atom is -0.465 e. The van der Waals surface area contributed by atoms with Gasteiger partial charge in [-0.25, -0.2) is 9.59 Å². The number of rotatable bonds is 3. The van der Waals surface area contributed by atoms with Gasteiger partial charge in [0, 0.05) is 5.56 Å². The van der Waals surface area contributed by atoms with Crippen LogP contribution in [0.4, 0.5) is 4.79 Å². The molecular formula is C17H11ClN2O6. The number of carbonyl (C=O) groups is 4. The maximum Gasteiger partial charge on any atom is 0.339 e. The molecule has 132 valence electrons. The molecule has 1 aromatic heterocycles. The molecule has 8 nitrogen and oxygen atoms in total. The zero-order valence-corrected chi connectivity index (χ0v) is 14.0. The van der Waals surface area contributed by atoms with Crippen molar-refractivity contribution in [3.05, 3.63) is 52.3 Å². The fourth-order valence-corrected chi connectivity index (χ4v) is 2.54. The Morgan fingerprint density at radius 3 is 2.42 bits per heavy atom. The molecule has 0 bridgehead atoms. The Morgan fingerprint density at radius 1 is 1.12 bits per heavy atom. The molecule has 9 heteroatoms. The molecule has 0 radical (unpaired) electrons. The number of nitrogens with one attached hydrogen (secondary N) is 2. The highest BCUT2D eigenvalue weighted by Crippen LogP contribution is 2.28. The van der Waals surface area contributed by atoms with Gasteiger partial charge in [0.1, 0.15) is 17.1 Å². The van der Waals surface area contributed by atoms with E-state index in [4.69, 9.17) is 16.0 Å². The number of halogens is 1.